The third-order valence-electron chi connectivity index (χ3n) is 12.3. The van der Waals surface area contributed by atoms with Gasteiger partial charge in [0.1, 0.15) is 11.2 Å². The largest absolute Gasteiger partial charge is 0.391 e. The molecular weight excluding hydrogens is 468 g/mol. The van der Waals surface area contributed by atoms with E-state index in [0.29, 0.717) is 25.7 Å². The van der Waals surface area contributed by atoms with Crippen molar-refractivity contribution in [3.05, 3.63) is 23.3 Å². The van der Waals surface area contributed by atoms with Crippen molar-refractivity contribution < 1.29 is 29.6 Å². The molecule has 3 N–H and O–H groups in total. The number of fused-ring (bicyclic) bond motifs is 9. The van der Waals surface area contributed by atoms with E-state index in [-0.39, 0.29) is 29.6 Å². The molecule has 5 aliphatic carbocycles. The summed E-state index contributed by atoms with van der Waals surface area (Å²) < 4.78 is 12.0. The molecule has 0 amide bonds. The predicted octanol–water partition coefficient (Wildman–Crippen LogP) is 3.40. The molecule has 2 saturated heterocycles. The zero-order valence-corrected chi connectivity index (χ0v) is 21.8. The topological polar surface area (TPSA) is 99.5 Å². The van der Waals surface area contributed by atoms with E-state index in [1.54, 1.807) is 6.08 Å². The summed E-state index contributed by atoms with van der Waals surface area (Å²) in [5.41, 5.74) is -0.899. The van der Waals surface area contributed by atoms with Crippen LogP contribution in [0.25, 0.3) is 0 Å². The number of hydrogen-bond donors (Lipinski definition) is 3. The standard InChI is InChI=1S/C28H37ClO6/c1-23-9-7-16-15(11-20(31)27(29)8-5-6-19(30)25(16,27)3)21(23)14-10-17(28(23,33)12-14)18-13-24(2)26(4,35-24)22(32)34-18/h5-6,14,16-18,20,22,31-33H,7-13H2,1-4H3/t14-,16-,17+,18+,20+,22+,23-,24-,25-,26+,27-,28+/m0/s1. The van der Waals surface area contributed by atoms with Crippen LogP contribution < -0.4 is 0 Å². The summed E-state index contributed by atoms with van der Waals surface area (Å²) >= 11 is 7.10. The lowest BCUT2D eigenvalue weighted by Crippen LogP contribution is -2.65. The Morgan fingerprint density at radius 3 is 2.60 bits per heavy atom. The lowest BCUT2D eigenvalue weighted by molar-refractivity contribution is -0.223. The van der Waals surface area contributed by atoms with Gasteiger partial charge in [0.2, 0.25) is 0 Å². The molecule has 7 aliphatic rings. The quantitative estimate of drug-likeness (QED) is 0.287. The average Bonchev–Trinajstić information content (AvgIpc) is 3.07. The van der Waals surface area contributed by atoms with Crippen LogP contribution in [0.3, 0.4) is 0 Å². The van der Waals surface area contributed by atoms with Gasteiger partial charge in [-0.1, -0.05) is 24.1 Å². The van der Waals surface area contributed by atoms with Crippen molar-refractivity contribution in [2.75, 3.05) is 0 Å². The molecule has 5 fully saturated rings. The van der Waals surface area contributed by atoms with E-state index in [1.165, 1.54) is 11.1 Å². The van der Waals surface area contributed by atoms with Crippen LogP contribution >= 0.6 is 11.6 Å². The van der Waals surface area contributed by atoms with E-state index in [2.05, 4.69) is 6.92 Å². The Labute approximate surface area is 211 Å². The molecule has 0 aromatic carbocycles. The summed E-state index contributed by atoms with van der Waals surface area (Å²) in [6, 6.07) is 0. The highest BCUT2D eigenvalue weighted by Crippen LogP contribution is 2.74. The number of rotatable bonds is 1. The third kappa shape index (κ3) is 2.36. The van der Waals surface area contributed by atoms with Crippen LogP contribution in [0.2, 0.25) is 0 Å². The van der Waals surface area contributed by atoms with E-state index in [9.17, 15) is 20.1 Å². The Morgan fingerprint density at radius 2 is 1.89 bits per heavy atom. The number of epoxide rings is 1. The summed E-state index contributed by atoms with van der Waals surface area (Å²) in [6.45, 7) is 8.05. The number of ketones is 1. The SMILES string of the molecule is C[C@]12CC[C@H]3C(=C1[C@H]1C[C@H]([C@H]4C[C@]5(C)O[C@]5(C)[C@H](O)O4)[C@]2(O)C1)C[C@@H](O)[C@@]1(Cl)CC=CC(=O)[C@]31C. The van der Waals surface area contributed by atoms with Crippen LogP contribution in [0.5, 0.6) is 0 Å². The van der Waals surface area contributed by atoms with Gasteiger partial charge in [-0.25, -0.2) is 0 Å². The lowest BCUT2D eigenvalue weighted by atomic mass is 9.46. The molecule has 12 atom stereocenters. The normalized spacial score (nSPS) is 62.3. The van der Waals surface area contributed by atoms with Crippen LogP contribution in [-0.2, 0) is 14.3 Å². The fourth-order valence-electron chi connectivity index (χ4n) is 9.97. The summed E-state index contributed by atoms with van der Waals surface area (Å²) in [5.74, 6) is 0.0866. The van der Waals surface area contributed by atoms with E-state index < -0.39 is 44.9 Å². The minimum Gasteiger partial charge on any atom is -0.391 e. The van der Waals surface area contributed by atoms with Crippen molar-refractivity contribution in [3.8, 4) is 0 Å². The van der Waals surface area contributed by atoms with Gasteiger partial charge in [-0.15, -0.1) is 11.6 Å². The number of carbonyl (C=O) groups is 1. The number of allylic oxidation sites excluding steroid dienone is 2. The maximum absolute atomic E-state index is 13.3. The van der Waals surface area contributed by atoms with Gasteiger partial charge < -0.3 is 24.8 Å². The van der Waals surface area contributed by atoms with Crippen LogP contribution in [0.4, 0.5) is 0 Å². The van der Waals surface area contributed by atoms with E-state index in [0.717, 1.165) is 19.3 Å². The number of halogens is 1. The first-order valence-corrected chi connectivity index (χ1v) is 13.7. The molecule has 0 aromatic heterocycles. The molecule has 7 heteroatoms. The fraction of sp³-hybridized carbons (Fsp3) is 0.821. The second-order valence-corrected chi connectivity index (χ2v) is 14.1. The summed E-state index contributed by atoms with van der Waals surface area (Å²) in [5, 5.41) is 34.4. The first-order chi connectivity index (χ1) is 16.3. The van der Waals surface area contributed by atoms with E-state index in [1.807, 2.05) is 26.8 Å². The summed E-state index contributed by atoms with van der Waals surface area (Å²) in [6.07, 6.45) is 6.00. The molecule has 2 heterocycles. The van der Waals surface area contributed by atoms with Crippen LogP contribution in [0.1, 0.15) is 72.6 Å². The predicted molar refractivity (Wildman–Crippen MR) is 128 cm³/mol. The molecule has 2 aliphatic heterocycles. The molecule has 3 saturated carbocycles. The Balaban J connectivity index is 1.28. The number of ether oxygens (including phenoxy) is 2. The van der Waals surface area contributed by atoms with Crippen LogP contribution in [-0.4, -0.2) is 61.3 Å². The molecule has 2 bridgehead atoms. The highest BCUT2D eigenvalue weighted by Gasteiger charge is 2.76. The van der Waals surface area contributed by atoms with Gasteiger partial charge in [-0.3, -0.25) is 4.79 Å². The number of aliphatic hydroxyl groups is 3. The molecular formula is C28H37ClO6. The second-order valence-electron chi connectivity index (χ2n) is 13.5. The van der Waals surface area contributed by atoms with Gasteiger partial charge in [0.15, 0.2) is 12.1 Å². The Morgan fingerprint density at radius 1 is 1.14 bits per heavy atom. The van der Waals surface area contributed by atoms with Gasteiger partial charge in [0.05, 0.1) is 28.1 Å². The van der Waals surface area contributed by atoms with Gasteiger partial charge in [-0.2, -0.15) is 0 Å². The monoisotopic (exact) mass is 504 g/mol. The van der Waals surface area contributed by atoms with Gasteiger partial charge in [-0.05, 0) is 77.2 Å². The molecule has 0 unspecified atom stereocenters. The molecule has 0 radical (unpaired) electrons. The van der Waals surface area contributed by atoms with Crippen molar-refractivity contribution in [2.45, 2.75) is 113 Å². The van der Waals surface area contributed by atoms with Gasteiger partial charge in [0.25, 0.3) is 0 Å². The zero-order chi connectivity index (χ0) is 25.0. The first kappa shape index (κ1) is 23.4. The van der Waals surface area contributed by atoms with E-state index in [4.69, 9.17) is 21.1 Å². The highest BCUT2D eigenvalue weighted by molar-refractivity contribution is 6.28. The van der Waals surface area contributed by atoms with Gasteiger partial charge >= 0.3 is 0 Å². The Kier molecular flexibility index (Phi) is 4.30. The van der Waals surface area contributed by atoms with Crippen molar-refractivity contribution >= 4 is 17.4 Å². The smallest absolute Gasteiger partial charge is 0.186 e. The third-order valence-corrected chi connectivity index (χ3v) is 13.1. The van der Waals surface area contributed by atoms with Crippen molar-refractivity contribution in [1.29, 1.82) is 0 Å². The number of alkyl halides is 1. The Bertz CT molecular complexity index is 1100. The van der Waals surface area contributed by atoms with Crippen LogP contribution in [0, 0.1) is 28.6 Å². The number of carbonyl (C=O) groups excluding carboxylic acids is 1. The van der Waals surface area contributed by atoms with E-state index >= 15 is 0 Å². The number of aliphatic hydroxyl groups excluding tert-OH is 2. The molecule has 0 aromatic rings. The maximum atomic E-state index is 13.3. The molecule has 35 heavy (non-hydrogen) atoms. The van der Waals surface area contributed by atoms with Gasteiger partial charge in [0, 0.05) is 17.8 Å². The number of hydrogen-bond acceptors (Lipinski definition) is 6. The first-order valence-electron chi connectivity index (χ1n) is 13.3. The lowest BCUT2D eigenvalue weighted by Gasteiger charge is -2.61. The zero-order valence-electron chi connectivity index (χ0n) is 21.0. The van der Waals surface area contributed by atoms with Crippen molar-refractivity contribution in [3.63, 3.8) is 0 Å². The van der Waals surface area contributed by atoms with Crippen molar-refractivity contribution in [2.24, 2.45) is 28.6 Å². The summed E-state index contributed by atoms with van der Waals surface area (Å²) in [7, 11) is 0. The molecule has 6 nitrogen and oxygen atoms in total. The second kappa shape index (κ2) is 6.44. The van der Waals surface area contributed by atoms with Crippen LogP contribution in [0.15, 0.2) is 23.3 Å². The highest BCUT2D eigenvalue weighted by atomic mass is 35.5. The molecule has 0 spiro atoms. The molecule has 7 rings (SSSR count). The molecule has 192 valence electrons. The van der Waals surface area contributed by atoms with Crippen molar-refractivity contribution in [1.82, 2.24) is 0 Å². The maximum Gasteiger partial charge on any atom is 0.186 e. The minimum absolute atomic E-state index is 0.00858. The minimum atomic E-state index is -0.994. The Hall–Kier alpha value is -0.760. The average molecular weight is 505 g/mol. The fourth-order valence-corrected chi connectivity index (χ4v) is 10.4. The summed E-state index contributed by atoms with van der Waals surface area (Å²) in [4.78, 5) is 12.3.